The van der Waals surface area contributed by atoms with Crippen molar-refractivity contribution in [2.75, 3.05) is 12.4 Å². The van der Waals surface area contributed by atoms with Gasteiger partial charge in [-0.1, -0.05) is 18.2 Å². The lowest BCUT2D eigenvalue weighted by Gasteiger charge is -2.05. The normalized spacial score (nSPS) is 10.6. The lowest BCUT2D eigenvalue weighted by Crippen LogP contribution is -2.00. The molecule has 0 saturated carbocycles. The van der Waals surface area contributed by atoms with Crippen LogP contribution >= 0.6 is 11.8 Å². The van der Waals surface area contributed by atoms with Gasteiger partial charge in [-0.15, -0.1) is 11.8 Å². The zero-order valence-electron chi connectivity index (χ0n) is 8.96. The van der Waals surface area contributed by atoms with Crippen molar-refractivity contribution in [3.63, 3.8) is 0 Å². The smallest absolute Gasteiger partial charge is 0.336 e. The molecule has 1 aromatic carbocycles. The molecule has 0 unspecified atom stereocenters. The number of aromatic nitrogens is 1. The van der Waals surface area contributed by atoms with Gasteiger partial charge >= 0.3 is 5.97 Å². The van der Waals surface area contributed by atoms with E-state index in [1.54, 1.807) is 24.3 Å². The first kappa shape index (κ1) is 11.9. The molecule has 1 aromatic heterocycles. The largest absolute Gasteiger partial charge is 0.478 e. The van der Waals surface area contributed by atoms with E-state index >= 15 is 0 Å². The van der Waals surface area contributed by atoms with E-state index in [0.29, 0.717) is 21.7 Å². The lowest BCUT2D eigenvalue weighted by atomic mass is 10.1. The van der Waals surface area contributed by atoms with E-state index in [1.165, 1.54) is 11.8 Å². The molecule has 0 spiro atoms. The molecule has 2 N–H and O–H groups in total. The van der Waals surface area contributed by atoms with E-state index in [9.17, 15) is 4.79 Å². The second-order valence-corrected chi connectivity index (χ2v) is 4.52. The summed E-state index contributed by atoms with van der Waals surface area (Å²) >= 11 is 1.34. The number of aromatic carboxylic acids is 1. The van der Waals surface area contributed by atoms with Crippen molar-refractivity contribution in [1.82, 2.24) is 4.98 Å². The highest BCUT2D eigenvalue weighted by molar-refractivity contribution is 7.99. The Morgan fingerprint density at radius 1 is 1.35 bits per heavy atom. The van der Waals surface area contributed by atoms with Gasteiger partial charge in [-0.2, -0.15) is 0 Å². The van der Waals surface area contributed by atoms with Gasteiger partial charge in [0.05, 0.1) is 22.7 Å². The monoisotopic (exact) mass is 249 g/mol. The summed E-state index contributed by atoms with van der Waals surface area (Å²) in [4.78, 5) is 15.5. The molecule has 1 heterocycles. The molecule has 5 heteroatoms. The number of fused-ring (bicyclic) bond motifs is 1. The first-order valence-corrected chi connectivity index (χ1v) is 6.07. The Kier molecular flexibility index (Phi) is 3.61. The fraction of sp³-hybridized carbons (Fsp3) is 0.167. The van der Waals surface area contributed by atoms with Crippen molar-refractivity contribution in [3.05, 3.63) is 35.9 Å². The van der Waals surface area contributed by atoms with E-state index < -0.39 is 5.97 Å². The van der Waals surface area contributed by atoms with Crippen LogP contribution in [0.1, 0.15) is 10.4 Å². The van der Waals surface area contributed by atoms with Gasteiger partial charge in [0.1, 0.15) is 0 Å². The summed E-state index contributed by atoms with van der Waals surface area (Å²) in [5.41, 5.74) is 0.906. The van der Waals surface area contributed by atoms with Crippen molar-refractivity contribution >= 4 is 28.6 Å². The van der Waals surface area contributed by atoms with Crippen LogP contribution in [0.4, 0.5) is 0 Å². The number of aliphatic hydroxyl groups is 1. The zero-order chi connectivity index (χ0) is 12.3. The average Bonchev–Trinajstić information content (AvgIpc) is 2.35. The molecular formula is C12H11NO3S. The van der Waals surface area contributed by atoms with E-state index in [4.69, 9.17) is 10.2 Å². The molecule has 17 heavy (non-hydrogen) atoms. The number of rotatable bonds is 4. The van der Waals surface area contributed by atoms with Crippen molar-refractivity contribution in [3.8, 4) is 0 Å². The average molecular weight is 249 g/mol. The number of nitrogens with zero attached hydrogens (tertiary/aromatic N) is 1. The van der Waals surface area contributed by atoms with Crippen LogP contribution in [-0.4, -0.2) is 33.5 Å². The molecule has 0 aliphatic heterocycles. The van der Waals surface area contributed by atoms with Crippen LogP contribution in [0.5, 0.6) is 0 Å². The maximum atomic E-state index is 11.2. The third-order valence-electron chi connectivity index (χ3n) is 2.26. The van der Waals surface area contributed by atoms with Gasteiger partial charge in [0.25, 0.3) is 0 Å². The summed E-state index contributed by atoms with van der Waals surface area (Å²) in [5, 5.41) is 19.2. The quantitative estimate of drug-likeness (QED) is 0.811. The molecule has 88 valence electrons. The number of pyridine rings is 1. The maximum absolute atomic E-state index is 11.2. The predicted molar refractivity (Wildman–Crippen MR) is 66.5 cm³/mol. The summed E-state index contributed by atoms with van der Waals surface area (Å²) in [5.74, 6) is -0.459. The third kappa shape index (κ3) is 2.57. The Labute approximate surface area is 102 Å². The highest BCUT2D eigenvalue weighted by Gasteiger charge is 2.11. The number of carboxylic acid groups (broad SMARTS) is 1. The van der Waals surface area contributed by atoms with Gasteiger partial charge in [0.15, 0.2) is 0 Å². The maximum Gasteiger partial charge on any atom is 0.336 e. The van der Waals surface area contributed by atoms with E-state index in [1.807, 2.05) is 6.07 Å². The SMILES string of the molecule is O=C(O)c1cc(SCCO)nc2ccccc12. The summed E-state index contributed by atoms with van der Waals surface area (Å²) in [6.45, 7) is 0.0432. The van der Waals surface area contributed by atoms with Gasteiger partial charge in [-0.3, -0.25) is 0 Å². The molecule has 0 bridgehead atoms. The molecule has 0 radical (unpaired) electrons. The second-order valence-electron chi connectivity index (χ2n) is 3.40. The van der Waals surface area contributed by atoms with Gasteiger partial charge in [0.2, 0.25) is 0 Å². The number of carboxylic acids is 1. The van der Waals surface area contributed by atoms with Gasteiger partial charge in [-0.25, -0.2) is 9.78 Å². The molecule has 0 amide bonds. The fourth-order valence-electron chi connectivity index (χ4n) is 1.55. The van der Waals surface area contributed by atoms with Crippen molar-refractivity contribution in [2.24, 2.45) is 0 Å². The van der Waals surface area contributed by atoms with Crippen LogP contribution in [0.2, 0.25) is 0 Å². The van der Waals surface area contributed by atoms with Crippen molar-refractivity contribution in [2.45, 2.75) is 5.03 Å². The predicted octanol–water partition coefficient (Wildman–Crippen LogP) is 2.02. The number of aliphatic hydroxyl groups excluding tert-OH is 1. The summed E-state index contributed by atoms with van der Waals surface area (Å²) in [6, 6.07) is 8.68. The number of thioether (sulfide) groups is 1. The van der Waals surface area contributed by atoms with Crippen LogP contribution < -0.4 is 0 Å². The number of carbonyl (C=O) groups is 1. The second kappa shape index (κ2) is 5.16. The van der Waals surface area contributed by atoms with Gasteiger partial charge in [0, 0.05) is 11.1 Å². The summed E-state index contributed by atoms with van der Waals surface area (Å²) < 4.78 is 0. The topological polar surface area (TPSA) is 70.4 Å². The molecule has 0 aliphatic carbocycles. The zero-order valence-corrected chi connectivity index (χ0v) is 9.78. The molecule has 2 rings (SSSR count). The van der Waals surface area contributed by atoms with Gasteiger partial charge in [-0.05, 0) is 12.1 Å². The Morgan fingerprint density at radius 3 is 2.82 bits per heavy atom. The molecule has 0 saturated heterocycles. The Bertz CT molecular complexity index is 556. The Morgan fingerprint density at radius 2 is 2.12 bits per heavy atom. The lowest BCUT2D eigenvalue weighted by molar-refractivity contribution is 0.0698. The van der Waals surface area contributed by atoms with Crippen LogP contribution in [0.15, 0.2) is 35.4 Å². The molecular weight excluding hydrogens is 238 g/mol. The van der Waals surface area contributed by atoms with Gasteiger partial charge < -0.3 is 10.2 Å². The van der Waals surface area contributed by atoms with Crippen LogP contribution in [0.25, 0.3) is 10.9 Å². The molecule has 0 atom stereocenters. The molecule has 4 nitrogen and oxygen atoms in total. The van der Waals surface area contributed by atoms with Crippen LogP contribution in [-0.2, 0) is 0 Å². The minimum absolute atomic E-state index is 0.0432. The Hall–Kier alpha value is -1.59. The summed E-state index contributed by atoms with van der Waals surface area (Å²) in [6.07, 6.45) is 0. The first-order chi connectivity index (χ1) is 8.22. The van der Waals surface area contributed by atoms with Crippen molar-refractivity contribution in [1.29, 1.82) is 0 Å². The highest BCUT2D eigenvalue weighted by atomic mass is 32.2. The number of benzene rings is 1. The fourth-order valence-corrected chi connectivity index (χ4v) is 2.22. The summed E-state index contributed by atoms with van der Waals surface area (Å²) in [7, 11) is 0. The highest BCUT2D eigenvalue weighted by Crippen LogP contribution is 2.23. The van der Waals surface area contributed by atoms with E-state index in [0.717, 1.165) is 0 Å². The van der Waals surface area contributed by atoms with Crippen molar-refractivity contribution < 1.29 is 15.0 Å². The number of para-hydroxylation sites is 1. The van der Waals surface area contributed by atoms with Crippen LogP contribution in [0, 0.1) is 0 Å². The van der Waals surface area contributed by atoms with E-state index in [-0.39, 0.29) is 12.2 Å². The standard InChI is InChI=1S/C12H11NO3S/c14-5-6-17-11-7-9(12(15)16)8-3-1-2-4-10(8)13-11/h1-4,7,14H,5-6H2,(H,15,16). The number of hydrogen-bond acceptors (Lipinski definition) is 4. The molecule has 2 aromatic rings. The van der Waals surface area contributed by atoms with Crippen LogP contribution in [0.3, 0.4) is 0 Å². The first-order valence-electron chi connectivity index (χ1n) is 5.09. The Balaban J connectivity index is 2.55. The minimum atomic E-state index is -0.963. The molecule has 0 fully saturated rings. The van der Waals surface area contributed by atoms with E-state index in [2.05, 4.69) is 4.98 Å². The minimum Gasteiger partial charge on any atom is -0.478 e. The third-order valence-corrected chi connectivity index (χ3v) is 3.16. The number of hydrogen-bond donors (Lipinski definition) is 2. The molecule has 0 aliphatic rings.